The van der Waals surface area contributed by atoms with E-state index in [1.54, 1.807) is 42.2 Å². The molecular weight excluding hydrogens is 336 g/mol. The van der Waals surface area contributed by atoms with Gasteiger partial charge < -0.3 is 9.64 Å². The van der Waals surface area contributed by atoms with Gasteiger partial charge in [-0.2, -0.15) is 0 Å². The number of ketones is 1. The van der Waals surface area contributed by atoms with Crippen molar-refractivity contribution in [2.45, 2.75) is 19.8 Å². The number of benzene rings is 2. The molecule has 0 aliphatic carbocycles. The highest BCUT2D eigenvalue weighted by atomic mass is 16.6. The highest BCUT2D eigenvalue weighted by molar-refractivity contribution is 5.99. The first kappa shape index (κ1) is 17.6. The van der Waals surface area contributed by atoms with E-state index >= 15 is 0 Å². The second-order valence-corrected chi connectivity index (χ2v) is 6.14. The molecule has 2 aromatic carbocycles. The molecule has 1 aliphatic rings. The predicted molar refractivity (Wildman–Crippen MR) is 95.7 cm³/mol. The van der Waals surface area contributed by atoms with Crippen LogP contribution in [0.5, 0.6) is 5.75 Å². The fraction of sp³-hybridized carbons (Fsp3) is 0.263. The molecule has 0 saturated carbocycles. The molecule has 7 heteroatoms. The van der Waals surface area contributed by atoms with Crippen molar-refractivity contribution in [2.75, 3.05) is 18.1 Å². The number of carbonyl (C=O) groups is 2. The molecule has 7 nitrogen and oxygen atoms in total. The quantitative estimate of drug-likeness (QED) is 0.451. The maximum absolute atomic E-state index is 12.3. The number of nitro groups is 1. The van der Waals surface area contributed by atoms with Gasteiger partial charge in [0, 0.05) is 30.3 Å². The van der Waals surface area contributed by atoms with Crippen LogP contribution in [-0.2, 0) is 4.79 Å². The van der Waals surface area contributed by atoms with Crippen LogP contribution in [-0.4, -0.2) is 29.8 Å². The van der Waals surface area contributed by atoms with E-state index in [4.69, 9.17) is 4.74 Å². The Morgan fingerprint density at radius 3 is 2.58 bits per heavy atom. The van der Waals surface area contributed by atoms with E-state index in [2.05, 4.69) is 0 Å². The molecule has 1 heterocycles. The van der Waals surface area contributed by atoms with Crippen LogP contribution in [0.15, 0.2) is 42.5 Å². The summed E-state index contributed by atoms with van der Waals surface area (Å²) >= 11 is 0. The first-order chi connectivity index (χ1) is 12.5. The average molecular weight is 354 g/mol. The largest absolute Gasteiger partial charge is 0.478 e. The van der Waals surface area contributed by atoms with Crippen molar-refractivity contribution in [3.63, 3.8) is 0 Å². The van der Waals surface area contributed by atoms with Gasteiger partial charge in [-0.15, -0.1) is 0 Å². The summed E-state index contributed by atoms with van der Waals surface area (Å²) in [6, 6.07) is 11.3. The lowest BCUT2D eigenvalue weighted by molar-refractivity contribution is -0.385. The molecule has 0 unspecified atom stereocenters. The van der Waals surface area contributed by atoms with Gasteiger partial charge in [0.1, 0.15) is 0 Å². The Morgan fingerprint density at radius 1 is 1.23 bits per heavy atom. The molecule has 1 amide bonds. The van der Waals surface area contributed by atoms with Crippen LogP contribution >= 0.6 is 0 Å². The summed E-state index contributed by atoms with van der Waals surface area (Å²) < 4.78 is 5.36. The molecule has 0 aromatic heterocycles. The van der Waals surface area contributed by atoms with Gasteiger partial charge in [0.05, 0.1) is 4.92 Å². The minimum Gasteiger partial charge on any atom is -0.478 e. The molecule has 0 radical (unpaired) electrons. The lowest BCUT2D eigenvalue weighted by Crippen LogP contribution is -2.23. The molecule has 2 aromatic rings. The number of ether oxygens (including phenoxy) is 1. The second kappa shape index (κ2) is 7.35. The Labute approximate surface area is 150 Å². The monoisotopic (exact) mass is 354 g/mol. The highest BCUT2D eigenvalue weighted by Gasteiger charge is 2.22. The third-order valence-corrected chi connectivity index (χ3v) is 4.24. The molecular formula is C19H18N2O5. The number of aryl methyl sites for hydroxylation is 1. The Morgan fingerprint density at radius 2 is 1.96 bits per heavy atom. The second-order valence-electron chi connectivity index (χ2n) is 6.14. The normalized spacial score (nSPS) is 13.7. The zero-order valence-electron chi connectivity index (χ0n) is 14.3. The molecule has 134 valence electrons. The van der Waals surface area contributed by atoms with Crippen LogP contribution in [0.25, 0.3) is 0 Å². The van der Waals surface area contributed by atoms with Crippen LogP contribution in [0.3, 0.4) is 0 Å². The topological polar surface area (TPSA) is 89.8 Å². The Kier molecular flexibility index (Phi) is 4.97. The summed E-state index contributed by atoms with van der Waals surface area (Å²) in [4.78, 5) is 36.3. The molecule has 0 atom stereocenters. The number of rotatable bonds is 6. The SMILES string of the molecule is Cc1ccc(OCC(=O)c2ccc(N3CCCC3=O)cc2)c([N+](=O)[O-])c1. The van der Waals surface area contributed by atoms with E-state index < -0.39 is 4.92 Å². The van der Waals surface area contributed by atoms with Crippen LogP contribution in [0.2, 0.25) is 0 Å². The maximum atomic E-state index is 12.3. The minimum absolute atomic E-state index is 0.0632. The van der Waals surface area contributed by atoms with Crippen LogP contribution in [0.4, 0.5) is 11.4 Å². The molecule has 1 fully saturated rings. The van der Waals surface area contributed by atoms with Gasteiger partial charge in [0.25, 0.3) is 0 Å². The molecule has 26 heavy (non-hydrogen) atoms. The van der Waals surface area contributed by atoms with E-state index in [0.29, 0.717) is 18.5 Å². The standard InChI is InChI=1S/C19H18N2O5/c1-13-4-9-18(16(11-13)21(24)25)26-12-17(22)14-5-7-15(8-6-14)20-10-2-3-19(20)23/h4-9,11H,2-3,10,12H2,1H3. The summed E-state index contributed by atoms with van der Waals surface area (Å²) in [5.41, 5.74) is 1.76. The van der Waals surface area contributed by atoms with E-state index in [1.807, 2.05) is 0 Å². The zero-order valence-corrected chi connectivity index (χ0v) is 14.3. The number of hydrogen-bond donors (Lipinski definition) is 0. The number of Topliss-reactive ketones (excluding diaryl/α,β-unsaturated/α-hetero) is 1. The van der Waals surface area contributed by atoms with Crippen molar-refractivity contribution in [2.24, 2.45) is 0 Å². The van der Waals surface area contributed by atoms with Crippen LogP contribution in [0, 0.1) is 17.0 Å². The number of carbonyl (C=O) groups excluding carboxylic acids is 2. The van der Waals surface area contributed by atoms with Gasteiger partial charge in [-0.1, -0.05) is 6.07 Å². The summed E-state index contributed by atoms with van der Waals surface area (Å²) in [5.74, 6) is -0.147. The zero-order chi connectivity index (χ0) is 18.7. The van der Waals surface area contributed by atoms with Gasteiger partial charge in [-0.05, 0) is 49.2 Å². The maximum Gasteiger partial charge on any atom is 0.311 e. The van der Waals surface area contributed by atoms with Crippen LogP contribution in [0.1, 0.15) is 28.8 Å². The smallest absolute Gasteiger partial charge is 0.311 e. The Balaban J connectivity index is 1.67. The number of nitrogens with zero attached hydrogens (tertiary/aromatic N) is 2. The lowest BCUT2D eigenvalue weighted by Gasteiger charge is -2.15. The molecule has 1 aliphatic heterocycles. The molecule has 0 N–H and O–H groups in total. The molecule has 0 bridgehead atoms. The van der Waals surface area contributed by atoms with Gasteiger partial charge in [0.2, 0.25) is 5.91 Å². The third-order valence-electron chi connectivity index (χ3n) is 4.24. The van der Waals surface area contributed by atoms with Gasteiger partial charge in [-0.25, -0.2) is 0 Å². The van der Waals surface area contributed by atoms with Crippen molar-refractivity contribution in [3.8, 4) is 5.75 Å². The summed E-state index contributed by atoms with van der Waals surface area (Å²) in [7, 11) is 0. The van der Waals surface area contributed by atoms with E-state index in [9.17, 15) is 19.7 Å². The number of amides is 1. The van der Waals surface area contributed by atoms with Crippen molar-refractivity contribution < 1.29 is 19.2 Å². The minimum atomic E-state index is -0.533. The van der Waals surface area contributed by atoms with E-state index in [0.717, 1.165) is 17.7 Å². The summed E-state index contributed by atoms with van der Waals surface area (Å²) in [5, 5.41) is 11.1. The van der Waals surface area contributed by atoms with Gasteiger partial charge in [0.15, 0.2) is 18.1 Å². The highest BCUT2D eigenvalue weighted by Crippen LogP contribution is 2.28. The lowest BCUT2D eigenvalue weighted by atomic mass is 10.1. The number of nitro benzene ring substituents is 1. The fourth-order valence-electron chi connectivity index (χ4n) is 2.87. The number of anilines is 1. The fourth-order valence-corrected chi connectivity index (χ4v) is 2.87. The summed E-state index contributed by atoms with van der Waals surface area (Å²) in [6.45, 7) is 2.13. The number of hydrogen-bond acceptors (Lipinski definition) is 5. The Bertz CT molecular complexity index is 861. The van der Waals surface area contributed by atoms with E-state index in [1.165, 1.54) is 12.1 Å². The Hall–Kier alpha value is -3.22. The van der Waals surface area contributed by atoms with Crippen molar-refractivity contribution >= 4 is 23.1 Å². The first-order valence-corrected chi connectivity index (χ1v) is 8.27. The van der Waals surface area contributed by atoms with Gasteiger partial charge >= 0.3 is 5.69 Å². The molecule has 3 rings (SSSR count). The third kappa shape index (κ3) is 3.72. The van der Waals surface area contributed by atoms with E-state index in [-0.39, 0.29) is 29.7 Å². The summed E-state index contributed by atoms with van der Waals surface area (Å²) in [6.07, 6.45) is 1.38. The van der Waals surface area contributed by atoms with Crippen LogP contribution < -0.4 is 9.64 Å². The predicted octanol–water partition coefficient (Wildman–Crippen LogP) is 3.29. The molecule has 1 saturated heterocycles. The first-order valence-electron chi connectivity index (χ1n) is 8.27. The van der Waals surface area contributed by atoms with Crippen molar-refractivity contribution in [1.29, 1.82) is 0 Å². The van der Waals surface area contributed by atoms with Gasteiger partial charge in [-0.3, -0.25) is 19.7 Å². The average Bonchev–Trinajstić information content (AvgIpc) is 3.06. The van der Waals surface area contributed by atoms with Crippen molar-refractivity contribution in [3.05, 3.63) is 63.7 Å². The molecule has 0 spiro atoms. The van der Waals surface area contributed by atoms with Crippen molar-refractivity contribution in [1.82, 2.24) is 0 Å².